The van der Waals surface area contributed by atoms with E-state index in [1.54, 1.807) is 11.3 Å². The summed E-state index contributed by atoms with van der Waals surface area (Å²) in [5, 5.41) is 7.09. The molecule has 2 bridgehead atoms. The number of hydrogen-bond donors (Lipinski definition) is 2. The van der Waals surface area contributed by atoms with Crippen LogP contribution in [-0.4, -0.2) is 10.9 Å². The molecule has 0 spiro atoms. The highest BCUT2D eigenvalue weighted by molar-refractivity contribution is 7.19. The SMILES string of the molecule is Cc1cc(N)nc(C)c1CNC(=O)c1ccc2c(c1)c1oc2c2cc(-c3ccc(Cl)s3)ccc21. The number of carbonyl (C=O) groups excluding carboxylic acids is 1. The van der Waals surface area contributed by atoms with Gasteiger partial charge in [0.15, 0.2) is 0 Å². The Morgan fingerprint density at radius 2 is 1.74 bits per heavy atom. The number of aromatic nitrogens is 1. The minimum Gasteiger partial charge on any atom is -0.455 e. The predicted octanol–water partition coefficient (Wildman–Crippen LogP) is 7.08. The molecule has 6 rings (SSSR count). The molecule has 0 radical (unpaired) electrons. The number of amides is 1. The zero-order valence-electron chi connectivity index (χ0n) is 18.5. The second kappa shape index (κ2) is 7.72. The third-order valence-corrected chi connectivity index (χ3v) is 7.62. The van der Waals surface area contributed by atoms with Crippen LogP contribution in [0.2, 0.25) is 4.34 Å². The van der Waals surface area contributed by atoms with Crippen molar-refractivity contribution in [1.29, 1.82) is 0 Å². The van der Waals surface area contributed by atoms with E-state index in [0.717, 1.165) is 64.3 Å². The van der Waals surface area contributed by atoms with Crippen LogP contribution >= 0.6 is 22.9 Å². The van der Waals surface area contributed by atoms with Gasteiger partial charge in [-0.2, -0.15) is 0 Å². The summed E-state index contributed by atoms with van der Waals surface area (Å²) in [4.78, 5) is 18.4. The van der Waals surface area contributed by atoms with E-state index in [1.807, 2.05) is 50.2 Å². The molecule has 3 N–H and O–H groups in total. The Kier molecular flexibility index (Phi) is 4.76. The van der Waals surface area contributed by atoms with Gasteiger partial charge >= 0.3 is 0 Å². The fourth-order valence-corrected chi connectivity index (χ4v) is 5.70. The molecule has 0 aliphatic carbocycles. The first-order valence-electron chi connectivity index (χ1n) is 10.9. The summed E-state index contributed by atoms with van der Waals surface area (Å²) in [5.74, 6) is 0.344. The summed E-state index contributed by atoms with van der Waals surface area (Å²) in [6.07, 6.45) is 0. The van der Waals surface area contributed by atoms with Crippen LogP contribution in [0.15, 0.2) is 59.0 Å². The Morgan fingerprint density at radius 3 is 2.44 bits per heavy atom. The first kappa shape index (κ1) is 21.0. The molecule has 0 atom stereocenters. The lowest BCUT2D eigenvalue weighted by molar-refractivity contribution is 0.0951. The highest BCUT2D eigenvalue weighted by Crippen LogP contribution is 2.43. The number of aryl methyl sites for hydroxylation is 2. The average molecular weight is 486 g/mol. The molecular weight excluding hydrogens is 466 g/mol. The van der Waals surface area contributed by atoms with E-state index in [-0.39, 0.29) is 5.91 Å². The Balaban J connectivity index is 1.33. The van der Waals surface area contributed by atoms with Crippen LogP contribution in [0.25, 0.3) is 43.2 Å². The fraction of sp³-hybridized carbons (Fsp3) is 0.111. The van der Waals surface area contributed by atoms with Crippen molar-refractivity contribution >= 4 is 67.4 Å². The van der Waals surface area contributed by atoms with E-state index in [2.05, 4.69) is 28.5 Å². The Labute approximate surface area is 204 Å². The molecule has 0 fully saturated rings. The van der Waals surface area contributed by atoms with Gasteiger partial charge in [0.2, 0.25) is 0 Å². The molecule has 0 aliphatic heterocycles. The number of fused-ring (bicyclic) bond motifs is 8. The quantitative estimate of drug-likeness (QED) is 0.261. The number of nitrogen functional groups attached to an aromatic ring is 1. The molecule has 4 heterocycles. The minimum absolute atomic E-state index is 0.142. The summed E-state index contributed by atoms with van der Waals surface area (Å²) >= 11 is 7.68. The summed E-state index contributed by atoms with van der Waals surface area (Å²) in [6, 6.07) is 17.8. The number of anilines is 1. The van der Waals surface area contributed by atoms with Crippen molar-refractivity contribution in [3.63, 3.8) is 0 Å². The number of rotatable bonds is 4. The second-order valence-electron chi connectivity index (χ2n) is 8.50. The molecule has 1 amide bonds. The van der Waals surface area contributed by atoms with Crippen LogP contribution in [0.5, 0.6) is 0 Å². The molecule has 0 unspecified atom stereocenters. The van der Waals surface area contributed by atoms with E-state index >= 15 is 0 Å². The van der Waals surface area contributed by atoms with Crippen molar-refractivity contribution in [3.8, 4) is 10.4 Å². The number of nitrogens with two attached hydrogens (primary N) is 1. The van der Waals surface area contributed by atoms with E-state index in [4.69, 9.17) is 21.8 Å². The minimum atomic E-state index is -0.142. The lowest BCUT2D eigenvalue weighted by Crippen LogP contribution is -2.24. The van der Waals surface area contributed by atoms with Gasteiger partial charge in [-0.1, -0.05) is 17.7 Å². The molecule has 7 heteroatoms. The van der Waals surface area contributed by atoms with Crippen LogP contribution in [-0.2, 0) is 6.54 Å². The smallest absolute Gasteiger partial charge is 0.251 e. The zero-order valence-corrected chi connectivity index (χ0v) is 20.1. The summed E-state index contributed by atoms with van der Waals surface area (Å²) in [7, 11) is 0. The zero-order chi connectivity index (χ0) is 23.6. The van der Waals surface area contributed by atoms with Gasteiger partial charge in [-0.05, 0) is 79.1 Å². The molecule has 5 nitrogen and oxygen atoms in total. The van der Waals surface area contributed by atoms with Gasteiger partial charge in [0, 0.05) is 44.2 Å². The van der Waals surface area contributed by atoms with Gasteiger partial charge in [-0.25, -0.2) is 4.98 Å². The van der Waals surface area contributed by atoms with Gasteiger partial charge in [0.05, 0.1) is 4.34 Å². The maximum atomic E-state index is 12.9. The van der Waals surface area contributed by atoms with Gasteiger partial charge in [-0.15, -0.1) is 11.3 Å². The maximum Gasteiger partial charge on any atom is 0.251 e. The van der Waals surface area contributed by atoms with Gasteiger partial charge < -0.3 is 15.5 Å². The third-order valence-electron chi connectivity index (χ3n) is 6.34. The van der Waals surface area contributed by atoms with Crippen molar-refractivity contribution in [1.82, 2.24) is 10.3 Å². The second-order valence-corrected chi connectivity index (χ2v) is 10.2. The largest absolute Gasteiger partial charge is 0.455 e. The topological polar surface area (TPSA) is 81.1 Å². The van der Waals surface area contributed by atoms with Gasteiger partial charge in [0.1, 0.15) is 17.0 Å². The van der Waals surface area contributed by atoms with Crippen molar-refractivity contribution < 1.29 is 9.21 Å². The highest BCUT2D eigenvalue weighted by Gasteiger charge is 2.20. The van der Waals surface area contributed by atoms with Crippen LogP contribution < -0.4 is 11.1 Å². The molecule has 0 saturated heterocycles. The van der Waals surface area contributed by atoms with Gasteiger partial charge in [-0.3, -0.25) is 4.79 Å². The average Bonchev–Trinajstić information content (AvgIpc) is 3.51. The first-order valence-corrected chi connectivity index (χ1v) is 12.1. The van der Waals surface area contributed by atoms with Crippen LogP contribution in [0.4, 0.5) is 5.82 Å². The molecule has 34 heavy (non-hydrogen) atoms. The van der Waals surface area contributed by atoms with Crippen molar-refractivity contribution in [3.05, 3.63) is 81.3 Å². The lowest BCUT2D eigenvalue weighted by atomic mass is 9.99. The van der Waals surface area contributed by atoms with Crippen LogP contribution in [0.3, 0.4) is 0 Å². The number of carbonyl (C=O) groups is 1. The van der Waals surface area contributed by atoms with Gasteiger partial charge in [0.25, 0.3) is 5.91 Å². The number of hydrogen-bond acceptors (Lipinski definition) is 5. The summed E-state index contributed by atoms with van der Waals surface area (Å²) < 4.78 is 6.94. The molecule has 6 aromatic rings. The van der Waals surface area contributed by atoms with Crippen LogP contribution in [0.1, 0.15) is 27.2 Å². The Bertz CT molecular complexity index is 1710. The molecular formula is C27H20ClN3O2S. The van der Waals surface area contributed by atoms with Crippen molar-refractivity contribution in [2.24, 2.45) is 0 Å². The molecule has 4 aromatic heterocycles. The number of thiophene rings is 1. The monoisotopic (exact) mass is 485 g/mol. The number of nitrogens with zero attached hydrogens (tertiary/aromatic N) is 1. The number of nitrogens with one attached hydrogen (secondary N) is 1. The van der Waals surface area contributed by atoms with Crippen molar-refractivity contribution in [2.75, 3.05) is 5.73 Å². The maximum absolute atomic E-state index is 12.9. The fourth-order valence-electron chi connectivity index (χ4n) is 4.66. The standard InChI is InChI=1S/C27H20ClN3O2S/c1-13-9-24(29)31-14(2)21(13)12-30-27(32)16-4-6-18-20(11-16)26-17-5-3-15(10-19(17)25(18)33-26)22-7-8-23(28)34-22/h3-11H,12H2,1-2H3,(H2,29,31)(H,30,32). The van der Waals surface area contributed by atoms with E-state index in [0.29, 0.717) is 17.9 Å². The number of halogens is 1. The third kappa shape index (κ3) is 3.30. The Morgan fingerprint density at radius 1 is 1.00 bits per heavy atom. The first-order chi connectivity index (χ1) is 16.4. The van der Waals surface area contributed by atoms with E-state index < -0.39 is 0 Å². The number of pyridine rings is 1. The molecule has 2 aromatic carbocycles. The highest BCUT2D eigenvalue weighted by atomic mass is 35.5. The van der Waals surface area contributed by atoms with E-state index in [9.17, 15) is 4.79 Å². The molecule has 0 saturated carbocycles. The normalized spacial score (nSPS) is 11.7. The summed E-state index contributed by atoms with van der Waals surface area (Å²) in [5.41, 5.74) is 12.0. The Hall–Kier alpha value is -3.61. The predicted molar refractivity (Wildman–Crippen MR) is 140 cm³/mol. The lowest BCUT2D eigenvalue weighted by Gasteiger charge is -2.11. The number of furan rings is 2. The van der Waals surface area contributed by atoms with Crippen molar-refractivity contribution in [2.45, 2.75) is 20.4 Å². The van der Waals surface area contributed by atoms with Crippen LogP contribution in [0, 0.1) is 13.8 Å². The molecule has 168 valence electrons. The van der Waals surface area contributed by atoms with E-state index in [1.165, 1.54) is 0 Å². The molecule has 0 aliphatic rings. The number of benzene rings is 3. The summed E-state index contributed by atoms with van der Waals surface area (Å²) in [6.45, 7) is 4.27.